The zero-order valence-electron chi connectivity index (χ0n) is 17.5. The lowest BCUT2D eigenvalue weighted by Gasteiger charge is -2.36. The van der Waals surface area contributed by atoms with Gasteiger partial charge >= 0.3 is 0 Å². The minimum atomic E-state index is -4.30. The number of sulfone groups is 1. The van der Waals surface area contributed by atoms with Crippen LogP contribution < -0.4 is 5.32 Å². The first-order valence-corrected chi connectivity index (χ1v) is 12.1. The summed E-state index contributed by atoms with van der Waals surface area (Å²) in [6, 6.07) is 8.18. The Morgan fingerprint density at radius 2 is 1.69 bits per heavy atom. The first-order valence-electron chi connectivity index (χ1n) is 10.1. The van der Waals surface area contributed by atoms with Crippen molar-refractivity contribution in [2.45, 2.75) is 30.0 Å². The highest BCUT2D eigenvalue weighted by Gasteiger charge is 2.40. The van der Waals surface area contributed by atoms with Crippen molar-refractivity contribution in [1.29, 1.82) is 0 Å². The van der Waals surface area contributed by atoms with Crippen LogP contribution in [-0.2, 0) is 19.4 Å². The molecule has 11 heteroatoms. The average Bonchev–Trinajstić information content (AvgIpc) is 3.32. The number of hydrogen-bond acceptors (Lipinski definition) is 6. The molecule has 1 unspecified atom stereocenters. The smallest absolute Gasteiger partial charge is 0.288 e. The molecule has 1 aliphatic rings. The maximum Gasteiger partial charge on any atom is 0.288 e. The molecule has 3 amide bonds. The third-order valence-electron chi connectivity index (χ3n) is 5.09. The van der Waals surface area contributed by atoms with Crippen LogP contribution >= 0.6 is 11.6 Å². The van der Waals surface area contributed by atoms with E-state index < -0.39 is 27.0 Å². The molecule has 0 bridgehead atoms. The van der Waals surface area contributed by atoms with Crippen LogP contribution in [0.3, 0.4) is 0 Å². The molecule has 2 aromatic rings. The van der Waals surface area contributed by atoms with Gasteiger partial charge in [0.2, 0.25) is 21.1 Å². The summed E-state index contributed by atoms with van der Waals surface area (Å²) in [5.74, 6) is -1.73. The third-order valence-corrected chi connectivity index (χ3v) is 7.21. The molecule has 1 aromatic heterocycles. The second kappa shape index (κ2) is 10.2. The number of halogens is 1. The SMILES string of the molecule is CCCC(=O)N1CCN(C(=O)C(NC(=O)c2ccco2)S(=O)(=O)c2ccc(Cl)cc2)CC1. The van der Waals surface area contributed by atoms with Crippen molar-refractivity contribution in [2.75, 3.05) is 26.2 Å². The summed E-state index contributed by atoms with van der Waals surface area (Å²) in [7, 11) is -4.30. The Hall–Kier alpha value is -2.85. The van der Waals surface area contributed by atoms with E-state index in [9.17, 15) is 22.8 Å². The maximum absolute atomic E-state index is 13.3. The van der Waals surface area contributed by atoms with Gasteiger partial charge in [-0.25, -0.2) is 8.42 Å². The van der Waals surface area contributed by atoms with Gasteiger partial charge in [-0.05, 0) is 42.8 Å². The molecular formula is C21H24ClN3O6S. The predicted octanol–water partition coefficient (Wildman–Crippen LogP) is 1.93. The highest BCUT2D eigenvalue weighted by Crippen LogP contribution is 2.20. The fourth-order valence-corrected chi connectivity index (χ4v) is 4.93. The van der Waals surface area contributed by atoms with Crippen LogP contribution in [0.5, 0.6) is 0 Å². The molecule has 0 spiro atoms. The van der Waals surface area contributed by atoms with Gasteiger partial charge in [0.05, 0.1) is 11.2 Å². The van der Waals surface area contributed by atoms with Gasteiger partial charge in [-0.3, -0.25) is 14.4 Å². The monoisotopic (exact) mass is 481 g/mol. The highest BCUT2D eigenvalue weighted by atomic mass is 35.5. The fraction of sp³-hybridized carbons (Fsp3) is 0.381. The number of carbonyl (C=O) groups is 3. The Bertz CT molecular complexity index is 1060. The summed E-state index contributed by atoms with van der Waals surface area (Å²) < 4.78 is 31.6. The van der Waals surface area contributed by atoms with E-state index in [1.165, 1.54) is 47.6 Å². The van der Waals surface area contributed by atoms with Crippen LogP contribution in [0.15, 0.2) is 52.0 Å². The first kappa shape index (κ1) is 23.8. The summed E-state index contributed by atoms with van der Waals surface area (Å²) >= 11 is 5.85. The molecular weight excluding hydrogens is 458 g/mol. The minimum absolute atomic E-state index is 0.00365. The zero-order chi connectivity index (χ0) is 23.3. The number of benzene rings is 1. The van der Waals surface area contributed by atoms with Gasteiger partial charge in [0.25, 0.3) is 11.8 Å². The van der Waals surface area contributed by atoms with Crippen molar-refractivity contribution in [1.82, 2.24) is 15.1 Å². The van der Waals surface area contributed by atoms with Gasteiger partial charge in [0.15, 0.2) is 5.76 Å². The van der Waals surface area contributed by atoms with E-state index >= 15 is 0 Å². The molecule has 2 heterocycles. The number of nitrogens with one attached hydrogen (secondary N) is 1. The average molecular weight is 482 g/mol. The van der Waals surface area contributed by atoms with Crippen molar-refractivity contribution in [2.24, 2.45) is 0 Å². The molecule has 9 nitrogen and oxygen atoms in total. The van der Waals surface area contributed by atoms with Crippen molar-refractivity contribution in [3.8, 4) is 0 Å². The normalized spacial score (nSPS) is 15.3. The highest BCUT2D eigenvalue weighted by molar-refractivity contribution is 7.92. The molecule has 1 saturated heterocycles. The summed E-state index contributed by atoms with van der Waals surface area (Å²) in [5, 5.41) is 0.770. The van der Waals surface area contributed by atoms with E-state index in [1.54, 1.807) is 4.90 Å². The van der Waals surface area contributed by atoms with E-state index in [0.29, 0.717) is 24.5 Å². The largest absolute Gasteiger partial charge is 0.459 e. The van der Waals surface area contributed by atoms with Crippen LogP contribution in [0.25, 0.3) is 0 Å². The molecule has 0 radical (unpaired) electrons. The summed E-state index contributed by atoms with van der Waals surface area (Å²) in [6.45, 7) is 2.83. The van der Waals surface area contributed by atoms with Gasteiger partial charge in [-0.2, -0.15) is 0 Å². The number of furan rings is 1. The Kier molecular flexibility index (Phi) is 7.57. The van der Waals surface area contributed by atoms with E-state index in [2.05, 4.69) is 5.32 Å². The topological polar surface area (TPSA) is 117 Å². The van der Waals surface area contributed by atoms with E-state index in [-0.39, 0.29) is 29.7 Å². The van der Waals surface area contributed by atoms with Crippen molar-refractivity contribution >= 4 is 39.2 Å². The lowest BCUT2D eigenvalue weighted by Crippen LogP contribution is -2.57. The molecule has 1 aliphatic heterocycles. The quantitative estimate of drug-likeness (QED) is 0.645. The maximum atomic E-state index is 13.3. The molecule has 0 saturated carbocycles. The predicted molar refractivity (Wildman–Crippen MR) is 117 cm³/mol. The van der Waals surface area contributed by atoms with Gasteiger partial charge in [-0.15, -0.1) is 0 Å². The summed E-state index contributed by atoms with van der Waals surface area (Å²) in [6.07, 6.45) is 2.41. The van der Waals surface area contributed by atoms with E-state index in [4.69, 9.17) is 16.0 Å². The zero-order valence-corrected chi connectivity index (χ0v) is 19.1. The molecule has 1 atom stereocenters. The minimum Gasteiger partial charge on any atom is -0.459 e. The molecule has 172 valence electrons. The summed E-state index contributed by atoms with van der Waals surface area (Å²) in [4.78, 5) is 40.7. The lowest BCUT2D eigenvalue weighted by atomic mass is 10.2. The number of carbonyl (C=O) groups excluding carboxylic acids is 3. The Labute approximate surface area is 191 Å². The Balaban J connectivity index is 1.84. The number of nitrogens with zero attached hydrogens (tertiary/aromatic N) is 2. The number of rotatable bonds is 7. The van der Waals surface area contributed by atoms with Crippen molar-refractivity contribution < 1.29 is 27.2 Å². The molecule has 1 N–H and O–H groups in total. The first-order chi connectivity index (χ1) is 15.2. The van der Waals surface area contributed by atoms with Crippen LogP contribution in [0.1, 0.15) is 30.3 Å². The van der Waals surface area contributed by atoms with E-state index in [0.717, 1.165) is 6.42 Å². The lowest BCUT2D eigenvalue weighted by molar-refractivity contribution is -0.139. The third kappa shape index (κ3) is 5.31. The van der Waals surface area contributed by atoms with Crippen LogP contribution in [0.4, 0.5) is 0 Å². The second-order valence-electron chi connectivity index (χ2n) is 7.29. The molecule has 32 heavy (non-hydrogen) atoms. The Morgan fingerprint density at radius 1 is 1.06 bits per heavy atom. The van der Waals surface area contributed by atoms with E-state index in [1.807, 2.05) is 6.92 Å². The molecule has 0 aliphatic carbocycles. The number of hydrogen-bond donors (Lipinski definition) is 1. The van der Waals surface area contributed by atoms with Crippen LogP contribution in [0, 0.1) is 0 Å². The standard InChI is InChI=1S/C21H24ClN3O6S/c1-2-4-18(26)24-10-12-25(13-11-24)21(28)20(23-19(27)17-5-3-14-31-17)32(29,30)16-8-6-15(22)7-9-16/h3,5-9,14,20H,2,4,10-13H2,1H3,(H,23,27). The number of amides is 3. The van der Waals surface area contributed by atoms with Gasteiger partial charge in [-0.1, -0.05) is 18.5 Å². The molecule has 3 rings (SSSR count). The van der Waals surface area contributed by atoms with Gasteiger partial charge in [0.1, 0.15) is 0 Å². The van der Waals surface area contributed by atoms with Crippen LogP contribution in [-0.4, -0.2) is 67.5 Å². The van der Waals surface area contributed by atoms with Crippen LogP contribution in [0.2, 0.25) is 5.02 Å². The van der Waals surface area contributed by atoms with Crippen molar-refractivity contribution in [3.63, 3.8) is 0 Å². The fourth-order valence-electron chi connectivity index (χ4n) is 3.34. The number of piperazine rings is 1. The second-order valence-corrected chi connectivity index (χ2v) is 9.76. The molecule has 1 aromatic carbocycles. The van der Waals surface area contributed by atoms with Gasteiger partial charge in [0, 0.05) is 37.6 Å². The summed E-state index contributed by atoms with van der Waals surface area (Å²) in [5.41, 5.74) is 0. The van der Waals surface area contributed by atoms with Crippen molar-refractivity contribution in [3.05, 3.63) is 53.4 Å². The Morgan fingerprint density at radius 3 is 2.25 bits per heavy atom. The molecule has 1 fully saturated rings. The van der Waals surface area contributed by atoms with Gasteiger partial charge < -0.3 is 19.5 Å².